The summed E-state index contributed by atoms with van der Waals surface area (Å²) in [5.41, 5.74) is 1.33. The van der Waals surface area contributed by atoms with Crippen LogP contribution in [0.2, 0.25) is 0 Å². The van der Waals surface area contributed by atoms with Gasteiger partial charge in [-0.3, -0.25) is 0 Å². The molecule has 0 aliphatic heterocycles. The van der Waals surface area contributed by atoms with E-state index in [1.807, 2.05) is 12.3 Å². The first-order valence-electron chi connectivity index (χ1n) is 5.63. The number of rotatable bonds is 5. The summed E-state index contributed by atoms with van der Waals surface area (Å²) < 4.78 is 0. The summed E-state index contributed by atoms with van der Waals surface area (Å²) >= 11 is 1.67. The zero-order valence-electron chi connectivity index (χ0n) is 9.96. The third-order valence-corrected chi connectivity index (χ3v) is 3.22. The van der Waals surface area contributed by atoms with Crippen molar-refractivity contribution in [3.63, 3.8) is 0 Å². The van der Waals surface area contributed by atoms with Crippen molar-refractivity contribution >= 4 is 23.1 Å². The van der Waals surface area contributed by atoms with Gasteiger partial charge in [0.1, 0.15) is 5.82 Å². The average Bonchev–Trinajstić information content (AvgIpc) is 2.82. The van der Waals surface area contributed by atoms with Gasteiger partial charge in [-0.2, -0.15) is 11.3 Å². The van der Waals surface area contributed by atoms with E-state index in [0.717, 1.165) is 6.42 Å². The number of nitrogens with one attached hydrogen (secondary N) is 1. The first-order valence-corrected chi connectivity index (χ1v) is 6.57. The van der Waals surface area contributed by atoms with Crippen LogP contribution in [0, 0.1) is 0 Å². The fourth-order valence-electron chi connectivity index (χ4n) is 1.70. The van der Waals surface area contributed by atoms with Crippen LogP contribution < -0.4 is 5.32 Å². The van der Waals surface area contributed by atoms with Crippen molar-refractivity contribution in [3.05, 3.63) is 46.3 Å². The van der Waals surface area contributed by atoms with Crippen molar-refractivity contribution in [3.8, 4) is 0 Å². The monoisotopic (exact) mass is 262 g/mol. The Morgan fingerprint density at radius 2 is 2.33 bits per heavy atom. The molecule has 0 aliphatic rings. The Kier molecular flexibility index (Phi) is 3.94. The van der Waals surface area contributed by atoms with Crippen LogP contribution in [0.1, 0.15) is 23.0 Å². The van der Waals surface area contributed by atoms with Crippen LogP contribution in [-0.2, 0) is 6.42 Å². The van der Waals surface area contributed by atoms with Crippen molar-refractivity contribution in [2.75, 3.05) is 5.32 Å². The van der Waals surface area contributed by atoms with E-state index in [2.05, 4.69) is 21.7 Å². The number of aromatic nitrogens is 1. The number of hydrogen-bond acceptors (Lipinski definition) is 4. The molecule has 1 atom stereocenters. The van der Waals surface area contributed by atoms with E-state index in [-0.39, 0.29) is 11.7 Å². The maximum Gasteiger partial charge on any atom is 0.354 e. The van der Waals surface area contributed by atoms with Crippen LogP contribution in [0.5, 0.6) is 0 Å². The third kappa shape index (κ3) is 3.30. The van der Waals surface area contributed by atoms with Gasteiger partial charge >= 0.3 is 5.97 Å². The average molecular weight is 262 g/mol. The van der Waals surface area contributed by atoms with Crippen molar-refractivity contribution in [1.29, 1.82) is 0 Å². The molecule has 2 aromatic heterocycles. The molecule has 2 N–H and O–H groups in total. The first kappa shape index (κ1) is 12.6. The zero-order chi connectivity index (χ0) is 13.0. The Labute approximate surface area is 109 Å². The lowest BCUT2D eigenvalue weighted by Crippen LogP contribution is -2.19. The summed E-state index contributed by atoms with van der Waals surface area (Å²) in [4.78, 5) is 14.8. The van der Waals surface area contributed by atoms with Gasteiger partial charge in [0, 0.05) is 6.04 Å². The minimum Gasteiger partial charge on any atom is -0.477 e. The lowest BCUT2D eigenvalue weighted by molar-refractivity contribution is 0.0690. The molecule has 0 amide bonds. The lowest BCUT2D eigenvalue weighted by Gasteiger charge is -2.13. The van der Waals surface area contributed by atoms with Crippen molar-refractivity contribution in [2.24, 2.45) is 0 Å². The number of thiophene rings is 1. The van der Waals surface area contributed by atoms with E-state index < -0.39 is 5.97 Å². The molecule has 0 aliphatic carbocycles. The summed E-state index contributed by atoms with van der Waals surface area (Å²) in [6.45, 7) is 2.05. The van der Waals surface area contributed by atoms with E-state index >= 15 is 0 Å². The predicted octanol–water partition coefficient (Wildman–Crippen LogP) is 2.88. The number of carboxylic acid groups (broad SMARTS) is 1. The van der Waals surface area contributed by atoms with Crippen molar-refractivity contribution in [1.82, 2.24) is 4.98 Å². The van der Waals surface area contributed by atoms with Gasteiger partial charge in [0.25, 0.3) is 0 Å². The van der Waals surface area contributed by atoms with Gasteiger partial charge in [-0.15, -0.1) is 0 Å². The Hall–Kier alpha value is -1.88. The second kappa shape index (κ2) is 5.64. The lowest BCUT2D eigenvalue weighted by atomic mass is 10.1. The molecule has 2 rings (SSSR count). The summed E-state index contributed by atoms with van der Waals surface area (Å²) in [7, 11) is 0. The molecule has 0 spiro atoms. The van der Waals surface area contributed by atoms with Crippen LogP contribution in [0.3, 0.4) is 0 Å². The van der Waals surface area contributed by atoms with Crippen molar-refractivity contribution in [2.45, 2.75) is 19.4 Å². The molecule has 1 unspecified atom stereocenters. The topological polar surface area (TPSA) is 62.2 Å². The fraction of sp³-hybridized carbons (Fsp3) is 0.231. The largest absolute Gasteiger partial charge is 0.477 e. The highest BCUT2D eigenvalue weighted by atomic mass is 32.1. The summed E-state index contributed by atoms with van der Waals surface area (Å²) in [6.07, 6.45) is 0.891. The van der Waals surface area contributed by atoms with Crippen molar-refractivity contribution < 1.29 is 9.90 Å². The van der Waals surface area contributed by atoms with E-state index in [1.165, 1.54) is 11.6 Å². The van der Waals surface area contributed by atoms with Gasteiger partial charge in [-0.1, -0.05) is 6.07 Å². The Balaban J connectivity index is 2.00. The van der Waals surface area contributed by atoms with Crippen LogP contribution in [0.15, 0.2) is 35.0 Å². The molecule has 2 heterocycles. The summed E-state index contributed by atoms with van der Waals surface area (Å²) in [5.74, 6) is -0.415. The molecule has 0 saturated carbocycles. The van der Waals surface area contributed by atoms with Gasteiger partial charge in [0.05, 0.1) is 0 Å². The van der Waals surface area contributed by atoms with Gasteiger partial charge in [-0.25, -0.2) is 9.78 Å². The van der Waals surface area contributed by atoms with E-state index in [1.54, 1.807) is 23.5 Å². The predicted molar refractivity (Wildman–Crippen MR) is 72.3 cm³/mol. The SMILES string of the molecule is CC(Cc1ccsc1)Nc1cccc(C(=O)O)n1. The smallest absolute Gasteiger partial charge is 0.354 e. The molecule has 4 nitrogen and oxygen atoms in total. The molecule has 94 valence electrons. The zero-order valence-corrected chi connectivity index (χ0v) is 10.8. The number of nitrogens with zero attached hydrogens (tertiary/aromatic N) is 1. The molecule has 0 aromatic carbocycles. The molecule has 0 radical (unpaired) electrons. The number of carbonyl (C=O) groups is 1. The second-order valence-electron chi connectivity index (χ2n) is 4.09. The molecule has 2 aromatic rings. The van der Waals surface area contributed by atoms with Crippen LogP contribution in [-0.4, -0.2) is 22.1 Å². The number of hydrogen-bond donors (Lipinski definition) is 2. The molecule has 0 saturated heterocycles. The van der Waals surface area contributed by atoms with E-state index in [0.29, 0.717) is 5.82 Å². The molecular formula is C13H14N2O2S. The second-order valence-corrected chi connectivity index (χ2v) is 4.87. The van der Waals surface area contributed by atoms with Crippen LogP contribution >= 0.6 is 11.3 Å². The number of pyridine rings is 1. The maximum atomic E-state index is 10.8. The van der Waals surface area contributed by atoms with Gasteiger partial charge in [0.15, 0.2) is 5.69 Å². The minimum atomic E-state index is -1.01. The molecule has 18 heavy (non-hydrogen) atoms. The summed E-state index contributed by atoms with van der Waals surface area (Å²) in [5, 5.41) is 16.2. The minimum absolute atomic E-state index is 0.0581. The Bertz CT molecular complexity index is 526. The molecule has 5 heteroatoms. The molecule has 0 bridgehead atoms. The van der Waals surface area contributed by atoms with E-state index in [9.17, 15) is 4.79 Å². The van der Waals surface area contributed by atoms with Gasteiger partial charge in [-0.05, 0) is 47.9 Å². The standard InChI is InChI=1S/C13H14N2O2S/c1-9(7-10-5-6-18-8-10)14-12-4-2-3-11(15-12)13(16)17/h2-6,8-9H,7H2,1H3,(H,14,15)(H,16,17). The summed E-state index contributed by atoms with van der Waals surface area (Å²) in [6, 6.07) is 7.24. The highest BCUT2D eigenvalue weighted by Gasteiger charge is 2.08. The fourth-order valence-corrected chi connectivity index (χ4v) is 2.38. The van der Waals surface area contributed by atoms with Crippen LogP contribution in [0.25, 0.3) is 0 Å². The number of aromatic carboxylic acids is 1. The number of carboxylic acids is 1. The highest BCUT2D eigenvalue weighted by molar-refractivity contribution is 7.07. The normalized spacial score (nSPS) is 12.1. The third-order valence-electron chi connectivity index (χ3n) is 2.48. The Morgan fingerprint density at radius 1 is 1.50 bits per heavy atom. The maximum absolute atomic E-state index is 10.8. The highest BCUT2D eigenvalue weighted by Crippen LogP contribution is 2.12. The Morgan fingerprint density at radius 3 is 3.00 bits per heavy atom. The van der Waals surface area contributed by atoms with Gasteiger partial charge < -0.3 is 10.4 Å². The molecular weight excluding hydrogens is 248 g/mol. The van der Waals surface area contributed by atoms with Crippen LogP contribution in [0.4, 0.5) is 5.82 Å². The first-order chi connectivity index (χ1) is 8.65. The number of anilines is 1. The quantitative estimate of drug-likeness (QED) is 0.869. The van der Waals surface area contributed by atoms with Gasteiger partial charge in [0.2, 0.25) is 0 Å². The van der Waals surface area contributed by atoms with E-state index in [4.69, 9.17) is 5.11 Å². The molecule has 0 fully saturated rings.